The largest absolute Gasteiger partial charge is 0.495 e. The predicted octanol–water partition coefficient (Wildman–Crippen LogP) is 1.98. The first-order chi connectivity index (χ1) is 14.6. The molecule has 10 heteroatoms. The van der Waals surface area contributed by atoms with E-state index in [1.54, 1.807) is 24.5 Å². The molecule has 0 aliphatic carbocycles. The first-order valence-corrected chi connectivity index (χ1v) is 11.4. The van der Waals surface area contributed by atoms with Crippen molar-refractivity contribution in [2.24, 2.45) is 0 Å². The summed E-state index contributed by atoms with van der Waals surface area (Å²) in [4.78, 5) is 21.1. The van der Waals surface area contributed by atoms with Crippen LogP contribution in [0.25, 0.3) is 0 Å². The Morgan fingerprint density at radius 1 is 1.19 bits per heavy atom. The van der Waals surface area contributed by atoms with E-state index in [1.807, 2.05) is 20.8 Å². The summed E-state index contributed by atoms with van der Waals surface area (Å²) in [5, 5.41) is 2.75. The lowest BCUT2D eigenvalue weighted by atomic mass is 9.96. The minimum Gasteiger partial charge on any atom is -0.495 e. The highest BCUT2D eigenvalue weighted by molar-refractivity contribution is 7.89. The van der Waals surface area contributed by atoms with Gasteiger partial charge in [0.25, 0.3) is 0 Å². The summed E-state index contributed by atoms with van der Waals surface area (Å²) in [7, 11) is -2.35. The van der Waals surface area contributed by atoms with Gasteiger partial charge in [-0.3, -0.25) is 4.79 Å². The van der Waals surface area contributed by atoms with Crippen molar-refractivity contribution < 1.29 is 22.7 Å². The van der Waals surface area contributed by atoms with Gasteiger partial charge in [-0.2, -0.15) is 4.31 Å². The number of nitrogens with zero attached hydrogens (tertiary/aromatic N) is 3. The Morgan fingerprint density at radius 2 is 1.84 bits per heavy atom. The Hall–Kier alpha value is -2.56. The number of methoxy groups -OCH3 is 1. The quantitative estimate of drug-likeness (QED) is 0.719. The monoisotopic (exact) mass is 448 g/mol. The zero-order valence-corrected chi connectivity index (χ0v) is 19.0. The van der Waals surface area contributed by atoms with E-state index in [1.165, 1.54) is 17.5 Å². The molecule has 0 saturated carbocycles. The highest BCUT2D eigenvalue weighted by Crippen LogP contribution is 2.28. The molecule has 1 N–H and O–H groups in total. The standard InChI is InChI=1S/C21H28N4O5S/c1-21(2,3)20-22-13-16(14-23-20)24-19(26)12-15-5-6-17(29-4)18(11-15)31(27,28)25-7-9-30-10-8-25/h5-6,11,13-14H,7-10,12H2,1-4H3,(H,24,26). The van der Waals surface area contributed by atoms with Crippen LogP contribution in [-0.2, 0) is 31.4 Å². The molecule has 0 atom stereocenters. The van der Waals surface area contributed by atoms with Gasteiger partial charge in [0.1, 0.15) is 16.5 Å². The van der Waals surface area contributed by atoms with Gasteiger partial charge < -0.3 is 14.8 Å². The van der Waals surface area contributed by atoms with Crippen molar-refractivity contribution in [1.82, 2.24) is 14.3 Å². The van der Waals surface area contributed by atoms with Gasteiger partial charge >= 0.3 is 0 Å². The van der Waals surface area contributed by atoms with E-state index < -0.39 is 10.0 Å². The minimum atomic E-state index is -3.76. The first kappa shape index (κ1) is 23.1. The lowest BCUT2D eigenvalue weighted by Gasteiger charge is -2.26. The van der Waals surface area contributed by atoms with Crippen LogP contribution in [0.5, 0.6) is 5.75 Å². The number of sulfonamides is 1. The lowest BCUT2D eigenvalue weighted by molar-refractivity contribution is -0.115. The third-order valence-electron chi connectivity index (χ3n) is 4.79. The lowest BCUT2D eigenvalue weighted by Crippen LogP contribution is -2.40. The molecule has 0 spiro atoms. The smallest absolute Gasteiger partial charge is 0.246 e. The molecular formula is C21H28N4O5S. The summed E-state index contributed by atoms with van der Waals surface area (Å²) < 4.78 is 38.0. The van der Waals surface area contributed by atoms with E-state index in [0.29, 0.717) is 30.3 Å². The maximum atomic E-state index is 13.1. The van der Waals surface area contributed by atoms with E-state index in [4.69, 9.17) is 9.47 Å². The van der Waals surface area contributed by atoms with Crippen molar-refractivity contribution in [1.29, 1.82) is 0 Å². The second kappa shape index (κ2) is 9.29. The van der Waals surface area contributed by atoms with E-state index >= 15 is 0 Å². The van der Waals surface area contributed by atoms with E-state index in [0.717, 1.165) is 0 Å². The number of rotatable bonds is 6. The Labute approximate surface area is 182 Å². The Morgan fingerprint density at radius 3 is 2.42 bits per heavy atom. The normalized spacial score (nSPS) is 15.5. The molecule has 1 saturated heterocycles. The van der Waals surface area contributed by atoms with Gasteiger partial charge in [0.15, 0.2) is 0 Å². The van der Waals surface area contributed by atoms with Gasteiger partial charge in [-0.15, -0.1) is 0 Å². The number of amides is 1. The molecule has 1 fully saturated rings. The third-order valence-corrected chi connectivity index (χ3v) is 6.71. The number of carbonyl (C=O) groups excluding carboxylic acids is 1. The van der Waals surface area contributed by atoms with E-state index in [2.05, 4.69) is 15.3 Å². The summed E-state index contributed by atoms with van der Waals surface area (Å²) in [5.74, 6) is 0.618. The maximum Gasteiger partial charge on any atom is 0.246 e. The van der Waals surface area contributed by atoms with Crippen LogP contribution in [0.1, 0.15) is 32.2 Å². The molecule has 168 valence electrons. The number of hydrogen-bond acceptors (Lipinski definition) is 7. The predicted molar refractivity (Wildman–Crippen MR) is 116 cm³/mol. The van der Waals surface area contributed by atoms with Crippen molar-refractivity contribution in [3.8, 4) is 5.75 Å². The van der Waals surface area contributed by atoms with Gasteiger partial charge in [0, 0.05) is 18.5 Å². The summed E-state index contributed by atoms with van der Waals surface area (Å²) in [6, 6.07) is 4.73. The number of hydrogen-bond donors (Lipinski definition) is 1. The molecule has 1 aromatic heterocycles. The second-order valence-electron chi connectivity index (χ2n) is 8.27. The van der Waals surface area contributed by atoms with Crippen molar-refractivity contribution in [2.45, 2.75) is 37.5 Å². The number of anilines is 1. The molecule has 1 aliphatic heterocycles. The van der Waals surface area contributed by atoms with Crippen LogP contribution >= 0.6 is 0 Å². The van der Waals surface area contributed by atoms with E-state index in [-0.39, 0.29) is 41.5 Å². The zero-order valence-electron chi connectivity index (χ0n) is 18.2. The Kier molecular flexibility index (Phi) is 6.93. The van der Waals surface area contributed by atoms with Crippen LogP contribution in [0.4, 0.5) is 5.69 Å². The minimum absolute atomic E-state index is 0.00333. The second-order valence-corrected chi connectivity index (χ2v) is 10.2. The topological polar surface area (TPSA) is 111 Å². The van der Waals surface area contributed by atoms with Gasteiger partial charge in [0.2, 0.25) is 15.9 Å². The number of morpholine rings is 1. The fourth-order valence-corrected chi connectivity index (χ4v) is 4.74. The summed E-state index contributed by atoms with van der Waals surface area (Å²) in [5.41, 5.74) is 0.846. The first-order valence-electron chi connectivity index (χ1n) is 9.98. The Balaban J connectivity index is 1.76. The van der Waals surface area contributed by atoms with Gasteiger partial charge in [0.05, 0.1) is 44.8 Å². The van der Waals surface area contributed by atoms with Crippen LogP contribution in [-0.4, -0.2) is 62.0 Å². The molecule has 0 bridgehead atoms. The number of nitrogens with one attached hydrogen (secondary N) is 1. The van der Waals surface area contributed by atoms with Gasteiger partial charge in [-0.05, 0) is 17.7 Å². The molecule has 31 heavy (non-hydrogen) atoms. The molecule has 1 aliphatic rings. The fraction of sp³-hybridized carbons (Fsp3) is 0.476. The van der Waals surface area contributed by atoms with Crippen molar-refractivity contribution >= 4 is 21.6 Å². The number of carbonyl (C=O) groups is 1. The highest BCUT2D eigenvalue weighted by atomic mass is 32.2. The molecule has 0 unspecified atom stereocenters. The maximum absolute atomic E-state index is 13.1. The van der Waals surface area contributed by atoms with Crippen molar-refractivity contribution in [3.05, 3.63) is 42.0 Å². The number of benzene rings is 1. The van der Waals surface area contributed by atoms with Crippen molar-refractivity contribution in [2.75, 3.05) is 38.7 Å². The van der Waals surface area contributed by atoms with Crippen molar-refractivity contribution in [3.63, 3.8) is 0 Å². The fourth-order valence-electron chi connectivity index (χ4n) is 3.13. The molecule has 2 heterocycles. The Bertz CT molecular complexity index is 1030. The molecule has 2 aromatic rings. The molecule has 9 nitrogen and oxygen atoms in total. The summed E-state index contributed by atoms with van der Waals surface area (Å²) in [6.45, 7) is 7.27. The van der Waals surface area contributed by atoms with Crippen LogP contribution in [0.15, 0.2) is 35.5 Å². The van der Waals surface area contributed by atoms with Crippen LogP contribution < -0.4 is 10.1 Å². The highest BCUT2D eigenvalue weighted by Gasteiger charge is 2.29. The number of ether oxygens (including phenoxy) is 2. The van der Waals surface area contributed by atoms with Gasteiger partial charge in [-0.25, -0.2) is 18.4 Å². The molecule has 3 rings (SSSR count). The molecule has 1 aromatic carbocycles. The van der Waals surface area contributed by atoms with Crippen LogP contribution in [0.2, 0.25) is 0 Å². The number of aromatic nitrogens is 2. The van der Waals surface area contributed by atoms with Crippen LogP contribution in [0, 0.1) is 0 Å². The van der Waals surface area contributed by atoms with Crippen LogP contribution in [0.3, 0.4) is 0 Å². The summed E-state index contributed by atoms with van der Waals surface area (Å²) in [6.07, 6.45) is 3.12. The SMILES string of the molecule is COc1ccc(CC(=O)Nc2cnc(C(C)(C)C)nc2)cc1S(=O)(=O)N1CCOCC1. The van der Waals surface area contributed by atoms with Gasteiger partial charge in [-0.1, -0.05) is 26.8 Å². The third kappa shape index (κ3) is 5.57. The summed E-state index contributed by atoms with van der Waals surface area (Å²) >= 11 is 0. The zero-order chi connectivity index (χ0) is 22.6. The van der Waals surface area contributed by atoms with E-state index in [9.17, 15) is 13.2 Å². The average Bonchev–Trinajstić information content (AvgIpc) is 2.74. The molecular weight excluding hydrogens is 420 g/mol. The molecule has 0 radical (unpaired) electrons. The molecule has 1 amide bonds. The average molecular weight is 449 g/mol.